The van der Waals surface area contributed by atoms with Gasteiger partial charge in [-0.15, -0.1) is 0 Å². The maximum atomic E-state index is 12.8. The molecule has 3 amide bonds. The van der Waals surface area contributed by atoms with Gasteiger partial charge >= 0.3 is 6.03 Å². The number of carbonyl (C=O) groups excluding carboxylic acids is 2. The molecule has 0 atom stereocenters. The number of benzene rings is 3. The number of carbonyl (C=O) groups is 2. The number of nitrogens with zero attached hydrogens (tertiary/aromatic N) is 1. The van der Waals surface area contributed by atoms with E-state index in [0.717, 1.165) is 25.8 Å². The van der Waals surface area contributed by atoms with Gasteiger partial charge in [0.2, 0.25) is 0 Å². The number of aryl methyl sites for hydroxylation is 1. The van der Waals surface area contributed by atoms with Gasteiger partial charge in [0, 0.05) is 3.57 Å². The van der Waals surface area contributed by atoms with Crippen LogP contribution in [0, 0.1) is 10.5 Å². The number of halogens is 1. The van der Waals surface area contributed by atoms with Crippen molar-refractivity contribution in [3.63, 3.8) is 0 Å². The molecule has 3 aromatic rings. The van der Waals surface area contributed by atoms with Gasteiger partial charge in [0.1, 0.15) is 12.3 Å². The number of rotatable bonds is 7. The molecule has 1 saturated heterocycles. The zero-order valence-corrected chi connectivity index (χ0v) is 20.5. The minimum atomic E-state index is -0.433. The number of urea groups is 1. The highest BCUT2D eigenvalue weighted by Gasteiger charge is 2.33. The predicted octanol–water partition coefficient (Wildman–Crippen LogP) is 5.28. The van der Waals surface area contributed by atoms with E-state index >= 15 is 0 Å². The monoisotopic (exact) mass is 554 g/mol. The van der Waals surface area contributed by atoms with Crippen LogP contribution in [0.4, 0.5) is 4.79 Å². The predicted molar refractivity (Wildman–Crippen MR) is 135 cm³/mol. The number of methoxy groups -OCH3 is 1. The summed E-state index contributed by atoms with van der Waals surface area (Å²) in [4.78, 5) is 26.4. The Hall–Kier alpha value is -3.33. The third kappa shape index (κ3) is 5.54. The standard InChI is InChI=1S/C26H23IN2O4/c1-17-4-3-5-20(12-17)15-29-25(30)22(28-26(29)31)13-19-8-11-23(24(14-19)32-2)33-16-18-6-9-21(27)10-7-18/h3-14H,15-16H2,1-2H3,(H,28,31)/b22-13+. The fourth-order valence-electron chi connectivity index (χ4n) is 3.51. The summed E-state index contributed by atoms with van der Waals surface area (Å²) in [5.74, 6) is 0.781. The highest BCUT2D eigenvalue weighted by atomic mass is 127. The fourth-order valence-corrected chi connectivity index (χ4v) is 3.87. The van der Waals surface area contributed by atoms with Crippen molar-refractivity contribution in [2.45, 2.75) is 20.1 Å². The molecule has 0 spiro atoms. The van der Waals surface area contributed by atoms with E-state index in [1.165, 1.54) is 4.90 Å². The van der Waals surface area contributed by atoms with E-state index in [0.29, 0.717) is 18.1 Å². The average Bonchev–Trinajstić information content (AvgIpc) is 3.06. The lowest BCUT2D eigenvalue weighted by molar-refractivity contribution is -0.123. The van der Waals surface area contributed by atoms with Gasteiger partial charge < -0.3 is 14.8 Å². The van der Waals surface area contributed by atoms with Crippen molar-refractivity contribution in [3.8, 4) is 11.5 Å². The van der Waals surface area contributed by atoms with Crippen LogP contribution in [0.2, 0.25) is 0 Å². The summed E-state index contributed by atoms with van der Waals surface area (Å²) in [5, 5.41) is 2.67. The topological polar surface area (TPSA) is 67.9 Å². The molecule has 1 N–H and O–H groups in total. The third-order valence-corrected chi connectivity index (χ3v) is 5.91. The molecule has 0 radical (unpaired) electrons. The molecule has 0 aliphatic carbocycles. The SMILES string of the molecule is COc1cc(/C=C2/NC(=O)N(Cc3cccc(C)c3)C2=O)ccc1OCc1ccc(I)cc1. The summed E-state index contributed by atoms with van der Waals surface area (Å²) in [6.45, 7) is 2.61. The Bertz CT molecular complexity index is 1220. The summed E-state index contributed by atoms with van der Waals surface area (Å²) in [5.41, 5.74) is 3.97. The number of hydrogen-bond acceptors (Lipinski definition) is 4. The molecule has 1 aliphatic heterocycles. The molecule has 1 fully saturated rings. The van der Waals surface area contributed by atoms with Gasteiger partial charge in [0.15, 0.2) is 11.5 Å². The molecule has 0 bridgehead atoms. The van der Waals surface area contributed by atoms with Gasteiger partial charge in [0.05, 0.1) is 13.7 Å². The molecule has 4 rings (SSSR count). The van der Waals surface area contributed by atoms with Crippen LogP contribution in [0.15, 0.2) is 72.4 Å². The molecule has 1 aliphatic rings. The van der Waals surface area contributed by atoms with Crippen molar-refractivity contribution < 1.29 is 19.1 Å². The molecular weight excluding hydrogens is 531 g/mol. The Morgan fingerprint density at radius 2 is 1.76 bits per heavy atom. The number of hydrogen-bond donors (Lipinski definition) is 1. The average molecular weight is 554 g/mol. The Kier molecular flexibility index (Phi) is 6.98. The van der Waals surface area contributed by atoms with Crippen LogP contribution >= 0.6 is 22.6 Å². The molecule has 3 aromatic carbocycles. The minimum absolute atomic E-state index is 0.221. The van der Waals surface area contributed by atoms with Crippen LogP contribution in [0.25, 0.3) is 6.08 Å². The normalized spacial score (nSPS) is 14.5. The molecule has 33 heavy (non-hydrogen) atoms. The number of ether oxygens (including phenoxy) is 2. The smallest absolute Gasteiger partial charge is 0.329 e. The van der Waals surface area contributed by atoms with Gasteiger partial charge in [-0.2, -0.15) is 0 Å². The molecule has 7 heteroatoms. The first-order chi connectivity index (χ1) is 15.9. The summed E-state index contributed by atoms with van der Waals surface area (Å²) in [6.07, 6.45) is 1.64. The van der Waals surface area contributed by atoms with Crippen molar-refractivity contribution in [2.75, 3.05) is 7.11 Å². The first kappa shape index (κ1) is 22.8. The summed E-state index contributed by atoms with van der Waals surface area (Å²) >= 11 is 2.26. The molecule has 1 heterocycles. The Labute approximate surface area is 206 Å². The number of imide groups is 1. The maximum absolute atomic E-state index is 12.8. The molecule has 0 saturated carbocycles. The van der Waals surface area contributed by atoms with Gasteiger partial charge in [-0.05, 0) is 76.5 Å². The van der Waals surface area contributed by atoms with E-state index < -0.39 is 6.03 Å². The van der Waals surface area contributed by atoms with Gasteiger partial charge in [-0.1, -0.05) is 48.0 Å². The maximum Gasteiger partial charge on any atom is 0.329 e. The van der Waals surface area contributed by atoms with Crippen molar-refractivity contribution >= 4 is 40.6 Å². The molecule has 0 unspecified atom stereocenters. The summed E-state index contributed by atoms with van der Waals surface area (Å²) in [6, 6.07) is 20.8. The Balaban J connectivity index is 1.48. The fraction of sp³-hybridized carbons (Fsp3) is 0.154. The van der Waals surface area contributed by atoms with Crippen LogP contribution in [-0.4, -0.2) is 23.9 Å². The van der Waals surface area contributed by atoms with Gasteiger partial charge in [-0.3, -0.25) is 9.69 Å². The lowest BCUT2D eigenvalue weighted by Crippen LogP contribution is -2.30. The van der Waals surface area contributed by atoms with Crippen molar-refractivity contribution in [1.82, 2.24) is 10.2 Å². The lowest BCUT2D eigenvalue weighted by Gasteiger charge is -2.12. The summed E-state index contributed by atoms with van der Waals surface area (Å²) in [7, 11) is 1.57. The second-order valence-electron chi connectivity index (χ2n) is 7.69. The molecule has 6 nitrogen and oxygen atoms in total. The van der Waals surface area contributed by atoms with E-state index in [4.69, 9.17) is 9.47 Å². The van der Waals surface area contributed by atoms with Crippen molar-refractivity contribution in [2.24, 2.45) is 0 Å². The van der Waals surface area contributed by atoms with Crippen molar-refractivity contribution in [3.05, 3.63) is 98.3 Å². The number of nitrogens with one attached hydrogen (secondary N) is 1. The van der Waals surface area contributed by atoms with Gasteiger partial charge in [0.25, 0.3) is 5.91 Å². The Morgan fingerprint density at radius 3 is 2.48 bits per heavy atom. The van der Waals surface area contributed by atoms with Crippen molar-refractivity contribution in [1.29, 1.82) is 0 Å². The zero-order chi connectivity index (χ0) is 23.4. The quantitative estimate of drug-likeness (QED) is 0.245. The van der Waals surface area contributed by atoms with Crippen LogP contribution in [0.3, 0.4) is 0 Å². The highest BCUT2D eigenvalue weighted by Crippen LogP contribution is 2.30. The van der Waals surface area contributed by atoms with Crippen LogP contribution < -0.4 is 14.8 Å². The minimum Gasteiger partial charge on any atom is -0.493 e. The van der Waals surface area contributed by atoms with Crippen LogP contribution in [0.1, 0.15) is 22.3 Å². The lowest BCUT2D eigenvalue weighted by atomic mass is 10.1. The Morgan fingerprint density at radius 1 is 0.970 bits per heavy atom. The third-order valence-electron chi connectivity index (χ3n) is 5.19. The molecule has 0 aromatic heterocycles. The van der Waals surface area contributed by atoms with E-state index in [9.17, 15) is 9.59 Å². The van der Waals surface area contributed by atoms with Gasteiger partial charge in [-0.25, -0.2) is 4.79 Å². The largest absolute Gasteiger partial charge is 0.493 e. The zero-order valence-electron chi connectivity index (χ0n) is 18.3. The first-order valence-electron chi connectivity index (χ1n) is 10.4. The second-order valence-corrected chi connectivity index (χ2v) is 8.94. The van der Waals surface area contributed by atoms with E-state index in [1.807, 2.05) is 61.5 Å². The molecule has 168 valence electrons. The van der Waals surface area contributed by atoms with E-state index in [2.05, 4.69) is 27.9 Å². The first-order valence-corrected chi connectivity index (χ1v) is 11.5. The van der Waals surface area contributed by atoms with Crippen LogP contribution in [-0.2, 0) is 17.9 Å². The van der Waals surface area contributed by atoms with Crippen LogP contribution in [0.5, 0.6) is 11.5 Å². The second kappa shape index (κ2) is 10.1. The van der Waals surface area contributed by atoms with E-state index in [-0.39, 0.29) is 18.1 Å². The number of amides is 3. The highest BCUT2D eigenvalue weighted by molar-refractivity contribution is 14.1. The summed E-state index contributed by atoms with van der Waals surface area (Å²) < 4.78 is 12.6. The molecular formula is C26H23IN2O4. The van der Waals surface area contributed by atoms with E-state index in [1.54, 1.807) is 25.3 Å².